The van der Waals surface area contributed by atoms with Crippen molar-refractivity contribution in [3.63, 3.8) is 0 Å². The molecule has 78 valence electrons. The molecule has 0 amide bonds. The third-order valence-electron chi connectivity index (χ3n) is 1.98. The van der Waals surface area contributed by atoms with Gasteiger partial charge in [-0.1, -0.05) is 0 Å². The Morgan fingerprint density at radius 2 is 2.27 bits per heavy atom. The smallest absolute Gasteiger partial charge is 0.352 e. The molecular formula is C9H8IN3O2. The van der Waals surface area contributed by atoms with Crippen molar-refractivity contribution >= 4 is 28.6 Å². The lowest BCUT2D eigenvalue weighted by atomic mass is 10.4. The zero-order chi connectivity index (χ0) is 11.0. The summed E-state index contributed by atoms with van der Waals surface area (Å²) in [5, 5.41) is 13.0. The number of halogens is 1. The van der Waals surface area contributed by atoms with Crippen LogP contribution in [0.1, 0.15) is 10.5 Å². The van der Waals surface area contributed by atoms with Crippen LogP contribution in [-0.4, -0.2) is 25.4 Å². The predicted molar refractivity (Wildman–Crippen MR) is 62.2 cm³/mol. The van der Waals surface area contributed by atoms with Gasteiger partial charge in [-0.3, -0.25) is 4.68 Å². The molecule has 0 atom stereocenters. The van der Waals surface area contributed by atoms with Crippen LogP contribution in [0.2, 0.25) is 0 Å². The van der Waals surface area contributed by atoms with Gasteiger partial charge in [-0.2, -0.15) is 5.10 Å². The molecule has 6 heteroatoms. The van der Waals surface area contributed by atoms with E-state index in [0.29, 0.717) is 0 Å². The number of hydrogen-bond donors (Lipinski definition) is 1. The molecule has 2 rings (SSSR count). The predicted octanol–water partition coefficient (Wildman–Crippen LogP) is 1.51. The fourth-order valence-corrected chi connectivity index (χ4v) is 1.91. The normalized spacial score (nSPS) is 10.5. The van der Waals surface area contributed by atoms with Gasteiger partial charge in [0.05, 0.1) is 11.9 Å². The lowest BCUT2D eigenvalue weighted by Gasteiger charge is -2.00. The van der Waals surface area contributed by atoms with Gasteiger partial charge < -0.3 is 9.67 Å². The van der Waals surface area contributed by atoms with Crippen LogP contribution < -0.4 is 0 Å². The van der Waals surface area contributed by atoms with Crippen molar-refractivity contribution in [1.82, 2.24) is 14.3 Å². The van der Waals surface area contributed by atoms with Gasteiger partial charge in [0.2, 0.25) is 0 Å². The van der Waals surface area contributed by atoms with Crippen molar-refractivity contribution in [1.29, 1.82) is 0 Å². The van der Waals surface area contributed by atoms with Crippen LogP contribution in [0, 0.1) is 3.57 Å². The number of hydrogen-bond acceptors (Lipinski definition) is 2. The fourth-order valence-electron chi connectivity index (χ4n) is 1.34. The Balaban J connectivity index is 2.56. The quantitative estimate of drug-likeness (QED) is 0.854. The standard InChI is InChI=1S/C9H8IN3O2/c1-12-5-7(3-11-12)13-4-6(10)2-8(13)9(14)15/h2-5H,1H3,(H,14,15). The van der Waals surface area contributed by atoms with Crippen molar-refractivity contribution < 1.29 is 9.90 Å². The van der Waals surface area contributed by atoms with Gasteiger partial charge in [0.25, 0.3) is 0 Å². The van der Waals surface area contributed by atoms with Crippen LogP contribution >= 0.6 is 22.6 Å². The topological polar surface area (TPSA) is 60.0 Å². The maximum atomic E-state index is 11.0. The van der Waals surface area contributed by atoms with Crippen molar-refractivity contribution in [2.24, 2.45) is 7.05 Å². The summed E-state index contributed by atoms with van der Waals surface area (Å²) in [7, 11) is 1.79. The number of aromatic carboxylic acids is 1. The third-order valence-corrected chi connectivity index (χ3v) is 2.57. The molecule has 2 heterocycles. The van der Waals surface area contributed by atoms with Crippen LogP contribution in [0.4, 0.5) is 0 Å². The molecule has 0 radical (unpaired) electrons. The van der Waals surface area contributed by atoms with Gasteiger partial charge in [-0.05, 0) is 28.7 Å². The van der Waals surface area contributed by atoms with Crippen LogP contribution in [0.15, 0.2) is 24.7 Å². The Bertz CT molecular complexity index is 515. The Labute approximate surface area is 99.5 Å². The molecule has 1 N–H and O–H groups in total. The van der Waals surface area contributed by atoms with Crippen molar-refractivity contribution in [2.75, 3.05) is 0 Å². The van der Waals surface area contributed by atoms with Gasteiger partial charge in [-0.15, -0.1) is 0 Å². The van der Waals surface area contributed by atoms with E-state index < -0.39 is 5.97 Å². The van der Waals surface area contributed by atoms with E-state index in [1.165, 1.54) is 0 Å². The van der Waals surface area contributed by atoms with E-state index in [1.807, 2.05) is 0 Å². The second kappa shape index (κ2) is 3.69. The maximum Gasteiger partial charge on any atom is 0.352 e. The van der Waals surface area contributed by atoms with E-state index in [4.69, 9.17) is 5.11 Å². The Morgan fingerprint density at radius 1 is 1.53 bits per heavy atom. The highest BCUT2D eigenvalue weighted by atomic mass is 127. The molecule has 0 fully saturated rings. The summed E-state index contributed by atoms with van der Waals surface area (Å²) in [5.74, 6) is -0.943. The first-order valence-corrected chi connectivity index (χ1v) is 5.26. The van der Waals surface area contributed by atoms with Crippen LogP contribution in [0.3, 0.4) is 0 Å². The first-order valence-electron chi connectivity index (χ1n) is 4.18. The number of carboxylic acid groups (broad SMARTS) is 1. The second-order valence-corrected chi connectivity index (χ2v) is 4.34. The van der Waals surface area contributed by atoms with E-state index in [1.54, 1.807) is 41.0 Å². The molecule has 0 spiro atoms. The largest absolute Gasteiger partial charge is 0.477 e. The van der Waals surface area contributed by atoms with E-state index in [-0.39, 0.29) is 5.69 Å². The SMILES string of the molecule is Cn1cc(-n2cc(I)cc2C(=O)O)cn1. The minimum absolute atomic E-state index is 0.243. The van der Waals surface area contributed by atoms with Crippen molar-refractivity contribution in [3.8, 4) is 5.69 Å². The average molecular weight is 317 g/mol. The molecule has 0 aliphatic carbocycles. The number of aryl methyl sites for hydroxylation is 1. The van der Waals surface area contributed by atoms with Crippen molar-refractivity contribution in [2.45, 2.75) is 0 Å². The lowest BCUT2D eigenvalue weighted by Crippen LogP contribution is -2.04. The highest BCUT2D eigenvalue weighted by molar-refractivity contribution is 14.1. The van der Waals surface area contributed by atoms with Gasteiger partial charge in [0.1, 0.15) is 5.69 Å². The molecule has 15 heavy (non-hydrogen) atoms. The molecule has 5 nitrogen and oxygen atoms in total. The minimum Gasteiger partial charge on any atom is -0.477 e. The third kappa shape index (κ3) is 1.89. The number of carboxylic acids is 1. The van der Waals surface area contributed by atoms with E-state index in [2.05, 4.69) is 27.7 Å². The van der Waals surface area contributed by atoms with Gasteiger partial charge in [0, 0.05) is 23.0 Å². The van der Waals surface area contributed by atoms with Gasteiger partial charge in [0.15, 0.2) is 0 Å². The number of nitrogens with zero attached hydrogens (tertiary/aromatic N) is 3. The lowest BCUT2D eigenvalue weighted by molar-refractivity contribution is 0.0688. The Kier molecular flexibility index (Phi) is 2.51. The Morgan fingerprint density at radius 3 is 2.80 bits per heavy atom. The zero-order valence-corrected chi connectivity index (χ0v) is 10.0. The average Bonchev–Trinajstić information content (AvgIpc) is 2.71. The van der Waals surface area contributed by atoms with E-state index in [0.717, 1.165) is 9.26 Å². The Hall–Kier alpha value is -1.31. The van der Waals surface area contributed by atoms with Crippen LogP contribution in [0.25, 0.3) is 5.69 Å². The molecule has 2 aromatic heterocycles. The highest BCUT2D eigenvalue weighted by Crippen LogP contribution is 2.16. The number of aromatic nitrogens is 3. The molecule has 0 unspecified atom stereocenters. The summed E-state index contributed by atoms with van der Waals surface area (Å²) < 4.78 is 4.12. The maximum absolute atomic E-state index is 11.0. The second-order valence-electron chi connectivity index (χ2n) is 3.09. The monoisotopic (exact) mass is 317 g/mol. The molecule has 0 aliphatic heterocycles. The van der Waals surface area contributed by atoms with E-state index in [9.17, 15) is 4.79 Å². The molecule has 0 bridgehead atoms. The highest BCUT2D eigenvalue weighted by Gasteiger charge is 2.13. The summed E-state index contributed by atoms with van der Waals surface area (Å²) in [6, 6.07) is 1.62. The van der Waals surface area contributed by atoms with Crippen molar-refractivity contribution in [3.05, 3.63) is 33.9 Å². The van der Waals surface area contributed by atoms with Gasteiger partial charge in [-0.25, -0.2) is 4.79 Å². The summed E-state index contributed by atoms with van der Waals surface area (Å²) in [6.45, 7) is 0. The first kappa shape index (κ1) is 10.2. The summed E-state index contributed by atoms with van der Waals surface area (Å²) >= 11 is 2.08. The summed E-state index contributed by atoms with van der Waals surface area (Å²) in [4.78, 5) is 11.0. The zero-order valence-electron chi connectivity index (χ0n) is 7.88. The van der Waals surface area contributed by atoms with E-state index >= 15 is 0 Å². The summed E-state index contributed by atoms with van der Waals surface area (Å²) in [6.07, 6.45) is 5.16. The molecule has 2 aromatic rings. The minimum atomic E-state index is -0.943. The molecule has 0 saturated carbocycles. The summed E-state index contributed by atoms with van der Waals surface area (Å²) in [5.41, 5.74) is 0.991. The van der Waals surface area contributed by atoms with Crippen LogP contribution in [0.5, 0.6) is 0 Å². The number of rotatable bonds is 2. The van der Waals surface area contributed by atoms with Crippen LogP contribution in [-0.2, 0) is 7.05 Å². The fraction of sp³-hybridized carbons (Fsp3) is 0.111. The molecule has 0 saturated heterocycles. The first-order chi connectivity index (χ1) is 7.08. The van der Waals surface area contributed by atoms with Gasteiger partial charge >= 0.3 is 5.97 Å². The molecule has 0 aromatic carbocycles. The molecular weight excluding hydrogens is 309 g/mol. The molecule has 0 aliphatic rings. The number of carbonyl (C=O) groups is 1.